The lowest BCUT2D eigenvalue weighted by atomic mass is 9.87. The van der Waals surface area contributed by atoms with Crippen LogP contribution < -0.4 is 16.0 Å². The van der Waals surface area contributed by atoms with Crippen molar-refractivity contribution in [2.45, 2.75) is 39.3 Å². The average molecular weight is 360 g/mol. The number of rotatable bonds is 3. The highest BCUT2D eigenvalue weighted by atomic mass is 35.5. The Morgan fingerprint density at radius 2 is 2.09 bits per heavy atom. The molecule has 1 aliphatic rings. The summed E-state index contributed by atoms with van der Waals surface area (Å²) >= 11 is 5.96. The van der Waals surface area contributed by atoms with Crippen LogP contribution in [0.4, 0.5) is 5.69 Å². The molecule has 1 aromatic carbocycles. The maximum Gasteiger partial charge on any atom is 0.249 e. The van der Waals surface area contributed by atoms with E-state index in [2.05, 4.69) is 5.32 Å². The first kappa shape index (κ1) is 19.7. The molecule has 2 amide bonds. The zero-order valence-corrected chi connectivity index (χ0v) is 15.1. The van der Waals surface area contributed by atoms with Gasteiger partial charge in [-0.2, -0.15) is 0 Å². The van der Waals surface area contributed by atoms with Crippen LogP contribution in [0.15, 0.2) is 24.3 Å². The van der Waals surface area contributed by atoms with Crippen LogP contribution in [0.25, 0.3) is 0 Å². The fourth-order valence-electron chi connectivity index (χ4n) is 2.37. The third-order valence-corrected chi connectivity index (χ3v) is 4.09. The second-order valence-corrected chi connectivity index (χ2v) is 7.10. The Kier molecular flexibility index (Phi) is 6.45. The quantitative estimate of drug-likeness (QED) is 0.869. The number of carbonyl (C=O) groups is 2. The van der Waals surface area contributed by atoms with E-state index >= 15 is 0 Å². The van der Waals surface area contributed by atoms with Crippen molar-refractivity contribution in [3.05, 3.63) is 29.3 Å². The van der Waals surface area contributed by atoms with Gasteiger partial charge in [0.2, 0.25) is 11.8 Å². The molecule has 5 nitrogen and oxygen atoms in total. The smallest absolute Gasteiger partial charge is 0.249 e. The molecule has 1 heterocycles. The van der Waals surface area contributed by atoms with Crippen LogP contribution >= 0.6 is 24.0 Å². The molecule has 23 heavy (non-hydrogen) atoms. The topological polar surface area (TPSA) is 75.4 Å². The SMILES string of the molecule is CC(C)(C)[C@H](N)C(=O)NC1CCN(c2cccc(Cl)c2)C1=O.Cl. The molecule has 0 aliphatic carbocycles. The summed E-state index contributed by atoms with van der Waals surface area (Å²) < 4.78 is 0. The van der Waals surface area contributed by atoms with Gasteiger partial charge in [-0.25, -0.2) is 0 Å². The molecule has 2 rings (SSSR count). The zero-order valence-electron chi connectivity index (χ0n) is 13.5. The summed E-state index contributed by atoms with van der Waals surface area (Å²) in [6.07, 6.45) is 0.563. The Hall–Kier alpha value is -1.30. The molecular formula is C16H23Cl2N3O2. The van der Waals surface area contributed by atoms with Gasteiger partial charge in [0.25, 0.3) is 0 Å². The van der Waals surface area contributed by atoms with E-state index in [9.17, 15) is 9.59 Å². The number of hydrogen-bond acceptors (Lipinski definition) is 3. The average Bonchev–Trinajstić information content (AvgIpc) is 2.78. The highest BCUT2D eigenvalue weighted by Crippen LogP contribution is 2.25. The second kappa shape index (κ2) is 7.51. The molecule has 128 valence electrons. The molecule has 1 unspecified atom stereocenters. The van der Waals surface area contributed by atoms with Gasteiger partial charge in [0.1, 0.15) is 6.04 Å². The van der Waals surface area contributed by atoms with Crippen LogP contribution in [-0.4, -0.2) is 30.4 Å². The molecule has 3 N–H and O–H groups in total. The van der Waals surface area contributed by atoms with Crippen LogP contribution in [0, 0.1) is 5.41 Å². The van der Waals surface area contributed by atoms with E-state index < -0.39 is 12.1 Å². The number of nitrogens with zero attached hydrogens (tertiary/aromatic N) is 1. The minimum absolute atomic E-state index is 0. The van der Waals surface area contributed by atoms with Crippen LogP contribution in [-0.2, 0) is 9.59 Å². The zero-order chi connectivity index (χ0) is 16.5. The van der Waals surface area contributed by atoms with Crippen LogP contribution in [0.2, 0.25) is 5.02 Å². The number of halogens is 2. The summed E-state index contributed by atoms with van der Waals surface area (Å²) in [4.78, 5) is 26.3. The molecule has 1 aliphatic heterocycles. The van der Waals surface area contributed by atoms with Gasteiger partial charge in [0, 0.05) is 17.3 Å². The lowest BCUT2D eigenvalue weighted by Crippen LogP contribution is -2.53. The van der Waals surface area contributed by atoms with E-state index in [-0.39, 0.29) is 29.6 Å². The number of benzene rings is 1. The third-order valence-electron chi connectivity index (χ3n) is 3.86. The van der Waals surface area contributed by atoms with Gasteiger partial charge >= 0.3 is 0 Å². The third kappa shape index (κ3) is 4.59. The van der Waals surface area contributed by atoms with Crippen molar-refractivity contribution in [1.82, 2.24) is 5.32 Å². The van der Waals surface area contributed by atoms with Crippen molar-refractivity contribution < 1.29 is 9.59 Å². The Morgan fingerprint density at radius 3 is 2.65 bits per heavy atom. The van der Waals surface area contributed by atoms with Gasteiger partial charge in [0.15, 0.2) is 0 Å². The summed E-state index contributed by atoms with van der Waals surface area (Å²) in [5.74, 6) is -0.421. The molecule has 0 bridgehead atoms. The highest BCUT2D eigenvalue weighted by molar-refractivity contribution is 6.31. The highest BCUT2D eigenvalue weighted by Gasteiger charge is 2.36. The monoisotopic (exact) mass is 359 g/mol. The maximum atomic E-state index is 12.5. The minimum Gasteiger partial charge on any atom is -0.343 e. The second-order valence-electron chi connectivity index (χ2n) is 6.66. The lowest BCUT2D eigenvalue weighted by Gasteiger charge is -2.27. The van der Waals surface area contributed by atoms with Crippen molar-refractivity contribution in [1.29, 1.82) is 0 Å². The summed E-state index contributed by atoms with van der Waals surface area (Å²) in [6.45, 7) is 6.23. The first-order valence-electron chi connectivity index (χ1n) is 7.33. The molecule has 1 aromatic rings. The van der Waals surface area contributed by atoms with E-state index in [1.54, 1.807) is 23.1 Å². The number of nitrogens with one attached hydrogen (secondary N) is 1. The lowest BCUT2D eigenvalue weighted by molar-refractivity contribution is -0.128. The van der Waals surface area contributed by atoms with Gasteiger partial charge in [-0.05, 0) is 30.0 Å². The fraction of sp³-hybridized carbons (Fsp3) is 0.500. The summed E-state index contributed by atoms with van der Waals surface area (Å²) in [5.41, 5.74) is 6.33. The van der Waals surface area contributed by atoms with Gasteiger partial charge < -0.3 is 16.0 Å². The molecule has 0 aromatic heterocycles. The van der Waals surface area contributed by atoms with Crippen molar-refractivity contribution in [2.24, 2.45) is 11.1 Å². The molecule has 7 heteroatoms. The summed E-state index contributed by atoms with van der Waals surface area (Å²) in [5, 5.41) is 3.34. The number of carbonyl (C=O) groups excluding carboxylic acids is 2. The van der Waals surface area contributed by atoms with Gasteiger partial charge in [0.05, 0.1) is 6.04 Å². The largest absolute Gasteiger partial charge is 0.343 e. The van der Waals surface area contributed by atoms with Gasteiger partial charge in [-0.1, -0.05) is 38.4 Å². The molecule has 2 atom stereocenters. The van der Waals surface area contributed by atoms with Crippen molar-refractivity contribution >= 4 is 41.5 Å². The Balaban J connectivity index is 0.00000264. The van der Waals surface area contributed by atoms with Crippen molar-refractivity contribution in [3.63, 3.8) is 0 Å². The number of anilines is 1. The number of hydrogen-bond donors (Lipinski definition) is 2. The van der Waals surface area contributed by atoms with E-state index in [0.717, 1.165) is 5.69 Å². The Labute approximate surface area is 148 Å². The number of nitrogens with two attached hydrogens (primary N) is 1. The van der Waals surface area contributed by atoms with E-state index in [1.807, 2.05) is 26.8 Å². The molecule has 1 fully saturated rings. The van der Waals surface area contributed by atoms with Crippen molar-refractivity contribution in [2.75, 3.05) is 11.4 Å². The van der Waals surface area contributed by atoms with Gasteiger partial charge in [-0.3, -0.25) is 9.59 Å². The van der Waals surface area contributed by atoms with Crippen LogP contribution in [0.5, 0.6) is 0 Å². The molecular weight excluding hydrogens is 337 g/mol. The Morgan fingerprint density at radius 1 is 1.43 bits per heavy atom. The molecule has 0 spiro atoms. The Bertz CT molecular complexity index is 587. The van der Waals surface area contributed by atoms with E-state index in [1.165, 1.54) is 0 Å². The first-order valence-corrected chi connectivity index (χ1v) is 7.71. The summed E-state index contributed by atoms with van der Waals surface area (Å²) in [7, 11) is 0. The van der Waals surface area contributed by atoms with Crippen molar-refractivity contribution in [3.8, 4) is 0 Å². The van der Waals surface area contributed by atoms with Crippen LogP contribution in [0.1, 0.15) is 27.2 Å². The van der Waals surface area contributed by atoms with Crippen LogP contribution in [0.3, 0.4) is 0 Å². The standard InChI is InChI=1S/C16H22ClN3O2.ClH/c1-16(2,3)13(18)14(21)19-12-7-8-20(15(12)22)11-6-4-5-10(17)9-11;/h4-6,9,12-13H,7-8,18H2,1-3H3,(H,19,21);1H/t12?,13-;/m1./s1. The first-order chi connectivity index (χ1) is 10.2. The molecule has 0 saturated carbocycles. The molecule has 1 saturated heterocycles. The number of amides is 2. The van der Waals surface area contributed by atoms with Gasteiger partial charge in [-0.15, -0.1) is 12.4 Å². The van der Waals surface area contributed by atoms with E-state index in [0.29, 0.717) is 18.0 Å². The molecule has 0 radical (unpaired) electrons. The predicted octanol–water partition coefficient (Wildman–Crippen LogP) is 2.36. The summed E-state index contributed by atoms with van der Waals surface area (Å²) in [6, 6.07) is 5.94. The predicted molar refractivity (Wildman–Crippen MR) is 95.0 cm³/mol. The fourth-order valence-corrected chi connectivity index (χ4v) is 2.55. The minimum atomic E-state index is -0.652. The maximum absolute atomic E-state index is 12.5. The normalized spacial score (nSPS) is 19.3. The van der Waals surface area contributed by atoms with E-state index in [4.69, 9.17) is 17.3 Å².